The summed E-state index contributed by atoms with van der Waals surface area (Å²) in [5, 5.41) is 6.46. The number of nitrogens with zero attached hydrogens (tertiary/aromatic N) is 1. The van der Waals surface area contributed by atoms with E-state index in [1.54, 1.807) is 18.2 Å². The maximum Gasteiger partial charge on any atom is 0.273 e. The second-order valence-corrected chi connectivity index (χ2v) is 8.35. The van der Waals surface area contributed by atoms with E-state index in [2.05, 4.69) is 23.8 Å². The van der Waals surface area contributed by atoms with Crippen molar-refractivity contribution in [2.45, 2.75) is 33.2 Å². The Bertz CT molecular complexity index is 1080. The van der Waals surface area contributed by atoms with Crippen molar-refractivity contribution in [1.29, 1.82) is 0 Å². The molecule has 0 radical (unpaired) electrons. The van der Waals surface area contributed by atoms with Gasteiger partial charge in [-0.3, -0.25) is 0 Å². The summed E-state index contributed by atoms with van der Waals surface area (Å²) < 4.78 is 29.7. The van der Waals surface area contributed by atoms with Gasteiger partial charge in [-0.2, -0.15) is 0 Å². The molecule has 3 nitrogen and oxygen atoms in total. The number of nitrogens with one attached hydrogen (secondary N) is 2. The van der Waals surface area contributed by atoms with E-state index in [4.69, 9.17) is 0 Å². The Balaban J connectivity index is 1.89. The van der Waals surface area contributed by atoms with Crippen LogP contribution in [0.15, 0.2) is 90.3 Å². The average molecular weight is 436 g/mol. The molecule has 0 saturated heterocycles. The first-order valence-electron chi connectivity index (χ1n) is 10.6. The highest BCUT2D eigenvalue weighted by Gasteiger charge is 2.32. The van der Waals surface area contributed by atoms with Gasteiger partial charge in [0.15, 0.2) is 0 Å². The molecular weight excluding hydrogens is 404 g/mol. The summed E-state index contributed by atoms with van der Waals surface area (Å²) in [6.07, 6.45) is 2.04. The van der Waals surface area contributed by atoms with Gasteiger partial charge >= 0.3 is 0 Å². The first kappa shape index (κ1) is 23.3. The molecule has 2 N–H and O–H groups in total. The van der Waals surface area contributed by atoms with E-state index in [0.29, 0.717) is 30.0 Å². The van der Waals surface area contributed by atoms with Gasteiger partial charge in [-0.15, -0.1) is 0 Å². The number of dihydropyridines is 1. The van der Waals surface area contributed by atoms with Crippen LogP contribution in [-0.2, 0) is 12.5 Å². The normalized spacial score (nSPS) is 14.1. The number of hydrogen-bond acceptors (Lipinski definition) is 3. The van der Waals surface area contributed by atoms with Gasteiger partial charge in [0.05, 0.1) is 5.56 Å². The second kappa shape index (κ2) is 9.43. The van der Waals surface area contributed by atoms with E-state index in [9.17, 15) is 8.78 Å². The van der Waals surface area contributed by atoms with E-state index in [0.717, 1.165) is 35.0 Å². The Hall–Kier alpha value is -3.34. The number of anilines is 1. The number of hydrogen-bond donors (Lipinski definition) is 2. The smallest absolute Gasteiger partial charge is 0.273 e. The van der Waals surface area contributed by atoms with E-state index in [-0.39, 0.29) is 5.56 Å². The molecule has 0 spiro atoms. The summed E-state index contributed by atoms with van der Waals surface area (Å²) in [5.41, 5.74) is 6.29. The summed E-state index contributed by atoms with van der Waals surface area (Å²) in [6.45, 7) is 14.1. The van der Waals surface area contributed by atoms with Crippen LogP contribution < -0.4 is 15.5 Å². The molecule has 1 heterocycles. The number of halogens is 2. The molecule has 0 atom stereocenters. The Kier molecular flexibility index (Phi) is 6.87. The van der Waals surface area contributed by atoms with Gasteiger partial charge in [0.25, 0.3) is 5.92 Å². The Morgan fingerprint density at radius 1 is 1.09 bits per heavy atom. The molecule has 2 aromatic carbocycles. The van der Waals surface area contributed by atoms with Crippen molar-refractivity contribution in [3.05, 3.63) is 107 Å². The molecule has 0 saturated carbocycles. The maximum atomic E-state index is 14.9. The van der Waals surface area contributed by atoms with E-state index < -0.39 is 5.92 Å². The lowest BCUT2D eigenvalue weighted by Gasteiger charge is -2.28. The molecule has 0 bridgehead atoms. The largest absolute Gasteiger partial charge is 0.381 e. The molecule has 168 valence electrons. The monoisotopic (exact) mass is 435 g/mol. The van der Waals surface area contributed by atoms with Gasteiger partial charge in [-0.05, 0) is 42.7 Å². The standard InChI is InChI=1S/C27H31F2N3/c1-18-15-19(2)31-21(4)24(18)16-30-20(3)23-13-10-14-25(26(23)27(5,28)29)32(6)17-22-11-8-7-9-12-22/h7-15,30-31H,3-4,16-17H2,1-2,5-6H3. The molecule has 0 amide bonds. The predicted molar refractivity (Wildman–Crippen MR) is 130 cm³/mol. The highest BCUT2D eigenvalue weighted by Crippen LogP contribution is 2.39. The van der Waals surface area contributed by atoms with Crippen molar-refractivity contribution in [1.82, 2.24) is 10.6 Å². The lowest BCUT2D eigenvalue weighted by Crippen LogP contribution is -2.26. The van der Waals surface area contributed by atoms with Crippen molar-refractivity contribution in [3.63, 3.8) is 0 Å². The lowest BCUT2D eigenvalue weighted by atomic mass is 9.96. The molecule has 1 aliphatic heterocycles. The van der Waals surface area contributed by atoms with Gasteiger partial charge in [0, 0.05) is 55.4 Å². The molecule has 32 heavy (non-hydrogen) atoms. The number of rotatable bonds is 8. The molecule has 0 fully saturated rings. The molecule has 5 heteroatoms. The fourth-order valence-electron chi connectivity index (χ4n) is 4.05. The van der Waals surface area contributed by atoms with E-state index >= 15 is 0 Å². The van der Waals surface area contributed by atoms with Gasteiger partial charge in [-0.1, -0.05) is 55.6 Å². The van der Waals surface area contributed by atoms with Crippen molar-refractivity contribution < 1.29 is 8.78 Å². The van der Waals surface area contributed by atoms with Gasteiger partial charge < -0.3 is 15.5 Å². The number of allylic oxidation sites excluding steroid dienone is 3. The van der Waals surface area contributed by atoms with E-state index in [1.807, 2.05) is 62.2 Å². The SMILES string of the molecule is C=C1NC(C)=CC(C)=C1CNC(=C)c1cccc(N(C)Cc2ccccc2)c1C(C)(F)F. The Morgan fingerprint density at radius 2 is 1.78 bits per heavy atom. The van der Waals surface area contributed by atoms with Crippen LogP contribution in [0.1, 0.15) is 37.5 Å². The predicted octanol–water partition coefficient (Wildman–Crippen LogP) is 6.33. The van der Waals surface area contributed by atoms with Crippen LogP contribution in [0.25, 0.3) is 5.70 Å². The lowest BCUT2D eigenvalue weighted by molar-refractivity contribution is 0.0177. The first-order chi connectivity index (χ1) is 15.1. The average Bonchev–Trinajstić information content (AvgIpc) is 2.72. The van der Waals surface area contributed by atoms with E-state index in [1.165, 1.54) is 0 Å². The summed E-state index contributed by atoms with van der Waals surface area (Å²) in [6, 6.07) is 15.0. The van der Waals surface area contributed by atoms with Crippen molar-refractivity contribution in [2.75, 3.05) is 18.5 Å². The maximum absolute atomic E-state index is 14.9. The van der Waals surface area contributed by atoms with Crippen LogP contribution in [0.4, 0.5) is 14.5 Å². The summed E-state index contributed by atoms with van der Waals surface area (Å²) in [5.74, 6) is -3.04. The third kappa shape index (κ3) is 5.28. The van der Waals surface area contributed by atoms with Crippen LogP contribution >= 0.6 is 0 Å². The van der Waals surface area contributed by atoms with Crippen LogP contribution in [0.3, 0.4) is 0 Å². The minimum absolute atomic E-state index is 0.0297. The Labute approximate surface area is 189 Å². The highest BCUT2D eigenvalue weighted by molar-refractivity contribution is 5.73. The summed E-state index contributed by atoms with van der Waals surface area (Å²) >= 11 is 0. The molecule has 1 aliphatic rings. The minimum Gasteiger partial charge on any atom is -0.381 e. The van der Waals surface area contributed by atoms with Crippen molar-refractivity contribution in [3.8, 4) is 0 Å². The van der Waals surface area contributed by atoms with Crippen molar-refractivity contribution in [2.24, 2.45) is 0 Å². The third-order valence-corrected chi connectivity index (χ3v) is 5.58. The van der Waals surface area contributed by atoms with Gasteiger partial charge in [0.1, 0.15) is 0 Å². The van der Waals surface area contributed by atoms with Crippen LogP contribution in [-0.4, -0.2) is 13.6 Å². The van der Waals surface area contributed by atoms with Crippen LogP contribution in [0.5, 0.6) is 0 Å². The topological polar surface area (TPSA) is 27.3 Å². The number of alkyl halides is 2. The number of benzene rings is 2. The molecule has 0 unspecified atom stereocenters. The quantitative estimate of drug-likeness (QED) is 0.507. The van der Waals surface area contributed by atoms with Crippen molar-refractivity contribution >= 4 is 11.4 Å². The van der Waals surface area contributed by atoms with Crippen LogP contribution in [0.2, 0.25) is 0 Å². The molecular formula is C27H31F2N3. The zero-order chi connectivity index (χ0) is 23.5. The van der Waals surface area contributed by atoms with Gasteiger partial charge in [-0.25, -0.2) is 8.78 Å². The minimum atomic E-state index is -3.04. The van der Waals surface area contributed by atoms with Gasteiger partial charge in [0.2, 0.25) is 0 Å². The zero-order valence-electron chi connectivity index (χ0n) is 19.2. The second-order valence-electron chi connectivity index (χ2n) is 8.35. The third-order valence-electron chi connectivity index (χ3n) is 5.58. The molecule has 0 aliphatic carbocycles. The Morgan fingerprint density at radius 3 is 2.41 bits per heavy atom. The molecule has 0 aromatic heterocycles. The summed E-state index contributed by atoms with van der Waals surface area (Å²) in [4.78, 5) is 1.85. The highest BCUT2D eigenvalue weighted by atomic mass is 19.3. The molecule has 3 rings (SSSR count). The fraction of sp³-hybridized carbons (Fsp3) is 0.259. The first-order valence-corrected chi connectivity index (χ1v) is 10.6. The zero-order valence-corrected chi connectivity index (χ0v) is 19.2. The van der Waals surface area contributed by atoms with Crippen LogP contribution in [0, 0.1) is 0 Å². The molecule has 2 aromatic rings. The fourth-order valence-corrected chi connectivity index (χ4v) is 4.05. The summed E-state index contributed by atoms with van der Waals surface area (Å²) in [7, 11) is 1.83.